The molecular weight excluding hydrogens is 265 g/mol. The quantitative estimate of drug-likeness (QED) is 0.781. The molecule has 0 spiro atoms. The highest BCUT2D eigenvalue weighted by atomic mass is 35.5. The van der Waals surface area contributed by atoms with Crippen molar-refractivity contribution in [3.05, 3.63) is 53.6 Å². The van der Waals surface area contributed by atoms with Gasteiger partial charge in [0, 0.05) is 18.9 Å². The molecule has 0 N–H and O–H groups in total. The van der Waals surface area contributed by atoms with Gasteiger partial charge in [-0.05, 0) is 17.7 Å². The van der Waals surface area contributed by atoms with Crippen LogP contribution in [0, 0.1) is 0 Å². The molecule has 0 fully saturated rings. The summed E-state index contributed by atoms with van der Waals surface area (Å²) in [4.78, 5) is 4.01. The first-order chi connectivity index (χ1) is 8.50. The van der Waals surface area contributed by atoms with Crippen LogP contribution >= 0.6 is 11.6 Å². The average molecular weight is 275 g/mol. The van der Waals surface area contributed by atoms with Gasteiger partial charge in [-0.2, -0.15) is 13.2 Å². The molecule has 0 amide bonds. The standard InChI is InChI=1S/C12H10ClF3N2/c13-7-11-17-4-5-18(11)8-9-2-1-3-10(6-9)12(14,15)16/h1-6H,7-8H2. The lowest BCUT2D eigenvalue weighted by Crippen LogP contribution is -2.07. The number of nitrogens with zero attached hydrogens (tertiary/aromatic N) is 2. The minimum absolute atomic E-state index is 0.228. The maximum atomic E-state index is 12.6. The smallest absolute Gasteiger partial charge is 0.330 e. The van der Waals surface area contributed by atoms with Crippen molar-refractivity contribution in [3.8, 4) is 0 Å². The normalized spacial score (nSPS) is 11.8. The first-order valence-electron chi connectivity index (χ1n) is 5.23. The van der Waals surface area contributed by atoms with E-state index in [-0.39, 0.29) is 5.88 Å². The Bertz CT molecular complexity index is 534. The molecule has 0 unspecified atom stereocenters. The first kappa shape index (κ1) is 13.0. The van der Waals surface area contributed by atoms with Gasteiger partial charge in [-0.15, -0.1) is 11.6 Å². The zero-order chi connectivity index (χ0) is 13.2. The molecule has 6 heteroatoms. The van der Waals surface area contributed by atoms with E-state index in [2.05, 4.69) is 4.98 Å². The van der Waals surface area contributed by atoms with Crippen molar-refractivity contribution in [2.45, 2.75) is 18.6 Å². The predicted molar refractivity (Wildman–Crippen MR) is 62.3 cm³/mol. The maximum Gasteiger partial charge on any atom is 0.416 e. The zero-order valence-electron chi connectivity index (χ0n) is 9.28. The topological polar surface area (TPSA) is 17.8 Å². The summed E-state index contributed by atoms with van der Waals surface area (Å²) in [6.45, 7) is 0.325. The summed E-state index contributed by atoms with van der Waals surface area (Å²) >= 11 is 5.68. The molecule has 0 atom stereocenters. The van der Waals surface area contributed by atoms with E-state index in [1.807, 2.05) is 0 Å². The Morgan fingerprint density at radius 2 is 2.06 bits per heavy atom. The van der Waals surface area contributed by atoms with Gasteiger partial charge < -0.3 is 4.57 Å². The van der Waals surface area contributed by atoms with Crippen molar-refractivity contribution in [2.24, 2.45) is 0 Å². The summed E-state index contributed by atoms with van der Waals surface area (Å²) in [5, 5.41) is 0. The van der Waals surface area contributed by atoms with E-state index in [9.17, 15) is 13.2 Å². The fourth-order valence-electron chi connectivity index (χ4n) is 1.66. The summed E-state index contributed by atoms with van der Waals surface area (Å²) in [7, 11) is 0. The Balaban J connectivity index is 2.25. The second-order valence-corrected chi connectivity index (χ2v) is 4.07. The summed E-state index contributed by atoms with van der Waals surface area (Å²) < 4.78 is 39.4. The fraction of sp³-hybridized carbons (Fsp3) is 0.250. The van der Waals surface area contributed by atoms with Crippen molar-refractivity contribution >= 4 is 11.6 Å². The van der Waals surface area contributed by atoms with E-state index in [0.717, 1.165) is 12.1 Å². The van der Waals surface area contributed by atoms with Crippen molar-refractivity contribution in [1.82, 2.24) is 9.55 Å². The number of benzene rings is 1. The lowest BCUT2D eigenvalue weighted by molar-refractivity contribution is -0.137. The van der Waals surface area contributed by atoms with Crippen LogP contribution in [0.25, 0.3) is 0 Å². The molecule has 2 aromatic rings. The van der Waals surface area contributed by atoms with Crippen molar-refractivity contribution in [2.75, 3.05) is 0 Å². The van der Waals surface area contributed by atoms with Gasteiger partial charge in [0.15, 0.2) is 0 Å². The molecule has 0 saturated carbocycles. The van der Waals surface area contributed by atoms with Crippen LogP contribution in [0.15, 0.2) is 36.7 Å². The van der Waals surface area contributed by atoms with E-state index in [1.165, 1.54) is 6.07 Å². The van der Waals surface area contributed by atoms with Gasteiger partial charge in [-0.1, -0.05) is 12.1 Å². The molecule has 1 heterocycles. The second kappa shape index (κ2) is 5.02. The lowest BCUT2D eigenvalue weighted by Gasteiger charge is -2.10. The Kier molecular flexibility index (Phi) is 3.61. The van der Waals surface area contributed by atoms with E-state index in [4.69, 9.17) is 11.6 Å². The minimum Gasteiger partial charge on any atom is -0.330 e. The third kappa shape index (κ3) is 2.85. The largest absolute Gasteiger partial charge is 0.416 e. The van der Waals surface area contributed by atoms with Gasteiger partial charge in [-0.25, -0.2) is 4.98 Å². The van der Waals surface area contributed by atoms with Crippen LogP contribution in [-0.2, 0) is 18.6 Å². The number of rotatable bonds is 3. The Morgan fingerprint density at radius 1 is 1.28 bits per heavy atom. The summed E-state index contributed by atoms with van der Waals surface area (Å²) in [5.41, 5.74) is -0.0817. The highest BCUT2D eigenvalue weighted by Crippen LogP contribution is 2.29. The molecule has 0 saturated heterocycles. The average Bonchev–Trinajstić information content (AvgIpc) is 2.75. The van der Waals surface area contributed by atoms with E-state index in [1.54, 1.807) is 23.0 Å². The van der Waals surface area contributed by atoms with Gasteiger partial charge in [0.05, 0.1) is 11.4 Å². The van der Waals surface area contributed by atoms with E-state index >= 15 is 0 Å². The molecule has 96 valence electrons. The lowest BCUT2D eigenvalue weighted by atomic mass is 10.1. The van der Waals surface area contributed by atoms with Crippen molar-refractivity contribution < 1.29 is 13.2 Å². The number of hydrogen-bond donors (Lipinski definition) is 0. The SMILES string of the molecule is FC(F)(F)c1cccc(Cn2ccnc2CCl)c1. The van der Waals surface area contributed by atoms with Crippen LogP contribution in [0.5, 0.6) is 0 Å². The molecule has 18 heavy (non-hydrogen) atoms. The van der Waals surface area contributed by atoms with Crippen molar-refractivity contribution in [1.29, 1.82) is 0 Å². The summed E-state index contributed by atoms with van der Waals surface area (Å²) in [5.74, 6) is 0.862. The molecular formula is C12H10ClF3N2. The molecule has 2 nitrogen and oxygen atoms in total. The third-order valence-electron chi connectivity index (χ3n) is 2.53. The Labute approximate surface area is 107 Å². The molecule has 0 aliphatic heterocycles. The van der Waals surface area contributed by atoms with E-state index in [0.29, 0.717) is 17.9 Å². The fourth-order valence-corrected chi connectivity index (χ4v) is 1.88. The maximum absolute atomic E-state index is 12.6. The number of hydrogen-bond acceptors (Lipinski definition) is 1. The Morgan fingerprint density at radius 3 is 2.72 bits per heavy atom. The Hall–Kier alpha value is -1.49. The first-order valence-corrected chi connectivity index (χ1v) is 5.76. The van der Waals surface area contributed by atoms with Gasteiger partial charge in [0.2, 0.25) is 0 Å². The van der Waals surface area contributed by atoms with Crippen LogP contribution in [0.1, 0.15) is 17.0 Å². The molecule has 0 radical (unpaired) electrons. The van der Waals surface area contributed by atoms with Crippen molar-refractivity contribution in [3.63, 3.8) is 0 Å². The highest BCUT2D eigenvalue weighted by Gasteiger charge is 2.30. The molecule has 0 aliphatic carbocycles. The number of halogens is 4. The molecule has 1 aromatic carbocycles. The zero-order valence-corrected chi connectivity index (χ0v) is 10.0. The number of imidazole rings is 1. The second-order valence-electron chi connectivity index (χ2n) is 3.80. The van der Waals surface area contributed by atoms with Gasteiger partial charge in [0.25, 0.3) is 0 Å². The van der Waals surface area contributed by atoms with Gasteiger partial charge >= 0.3 is 6.18 Å². The van der Waals surface area contributed by atoms with Crippen LogP contribution < -0.4 is 0 Å². The molecule has 0 aliphatic rings. The molecule has 2 rings (SSSR count). The number of alkyl halides is 4. The monoisotopic (exact) mass is 274 g/mol. The summed E-state index contributed by atoms with van der Waals surface area (Å²) in [6, 6.07) is 5.24. The minimum atomic E-state index is -4.32. The predicted octanol–water partition coefficient (Wildman–Crippen LogP) is 3.69. The van der Waals surface area contributed by atoms with Crippen LogP contribution in [0.4, 0.5) is 13.2 Å². The van der Waals surface area contributed by atoms with Crippen LogP contribution in [0.2, 0.25) is 0 Å². The van der Waals surface area contributed by atoms with Gasteiger partial charge in [0.1, 0.15) is 5.82 Å². The molecule has 0 bridgehead atoms. The highest BCUT2D eigenvalue weighted by molar-refractivity contribution is 6.16. The number of aromatic nitrogens is 2. The summed E-state index contributed by atoms with van der Waals surface area (Å²) in [6.07, 6.45) is -1.05. The van der Waals surface area contributed by atoms with Gasteiger partial charge in [-0.3, -0.25) is 0 Å². The third-order valence-corrected chi connectivity index (χ3v) is 2.77. The van der Waals surface area contributed by atoms with Crippen LogP contribution in [0.3, 0.4) is 0 Å². The van der Waals surface area contributed by atoms with E-state index < -0.39 is 11.7 Å². The molecule has 1 aromatic heterocycles. The van der Waals surface area contributed by atoms with Crippen LogP contribution in [-0.4, -0.2) is 9.55 Å².